The molecule has 0 radical (unpaired) electrons. The molecular formula is C16H17N5O4. The second kappa shape index (κ2) is 6.56. The molecule has 0 spiro atoms. The molecule has 0 amide bonds. The van der Waals surface area contributed by atoms with E-state index in [1.54, 1.807) is 26.5 Å². The van der Waals surface area contributed by atoms with Crippen molar-refractivity contribution in [2.75, 3.05) is 25.3 Å². The van der Waals surface area contributed by atoms with Crippen molar-refractivity contribution in [2.24, 2.45) is 0 Å². The summed E-state index contributed by atoms with van der Waals surface area (Å²) in [5.41, 5.74) is 7.27. The highest BCUT2D eigenvalue weighted by atomic mass is 16.5. The zero-order chi connectivity index (χ0) is 18.0. The van der Waals surface area contributed by atoms with Gasteiger partial charge in [-0.1, -0.05) is 6.07 Å². The molecule has 0 saturated heterocycles. The van der Waals surface area contributed by atoms with Gasteiger partial charge in [-0.25, -0.2) is 9.31 Å². The minimum absolute atomic E-state index is 0.0135. The number of aromatic carboxylic acids is 1. The number of fused-ring (bicyclic) bond motifs is 1. The van der Waals surface area contributed by atoms with Gasteiger partial charge in [0, 0.05) is 6.54 Å². The first-order valence-corrected chi connectivity index (χ1v) is 7.35. The maximum atomic E-state index is 11.4. The highest BCUT2D eigenvalue weighted by Gasteiger charge is 2.14. The van der Waals surface area contributed by atoms with E-state index in [4.69, 9.17) is 15.2 Å². The van der Waals surface area contributed by atoms with Gasteiger partial charge in [0.25, 0.3) is 0 Å². The molecule has 0 saturated carbocycles. The van der Waals surface area contributed by atoms with Crippen molar-refractivity contribution in [3.05, 3.63) is 41.6 Å². The molecule has 0 aliphatic rings. The number of nitrogens with zero attached hydrogens (tertiary/aromatic N) is 3. The van der Waals surface area contributed by atoms with Crippen LogP contribution in [0.2, 0.25) is 0 Å². The Kier molecular flexibility index (Phi) is 4.29. The van der Waals surface area contributed by atoms with Crippen LogP contribution in [0.15, 0.2) is 30.5 Å². The molecule has 9 nitrogen and oxygen atoms in total. The Bertz CT molecular complexity index is 938. The summed E-state index contributed by atoms with van der Waals surface area (Å²) in [5, 5.41) is 16.5. The molecule has 0 bridgehead atoms. The summed E-state index contributed by atoms with van der Waals surface area (Å²) in [6.07, 6.45) is 1.63. The fourth-order valence-electron chi connectivity index (χ4n) is 2.45. The molecule has 0 atom stereocenters. The lowest BCUT2D eigenvalue weighted by molar-refractivity contribution is 0.0698. The van der Waals surface area contributed by atoms with Crippen LogP contribution in [0.1, 0.15) is 15.9 Å². The standard InChI is InChI=1S/C16H17N5O4/c1-24-12-4-3-9(5-13(12)25-2)7-18-10-6-11(15(22)23)14-19-16(17)20-21(14)8-10/h3-6,8,18H,7H2,1-2H3,(H2,17,20)(H,22,23). The van der Waals surface area contributed by atoms with Gasteiger partial charge in [0.05, 0.1) is 26.1 Å². The molecule has 1 aromatic carbocycles. The van der Waals surface area contributed by atoms with E-state index >= 15 is 0 Å². The molecule has 3 aromatic rings. The van der Waals surface area contributed by atoms with Gasteiger partial charge in [0.15, 0.2) is 17.1 Å². The number of hydrogen-bond donors (Lipinski definition) is 3. The maximum Gasteiger partial charge on any atom is 0.339 e. The number of nitrogens with two attached hydrogens (primary N) is 1. The van der Waals surface area contributed by atoms with Gasteiger partial charge in [0.2, 0.25) is 5.95 Å². The van der Waals surface area contributed by atoms with E-state index in [1.807, 2.05) is 12.1 Å². The fourth-order valence-corrected chi connectivity index (χ4v) is 2.45. The largest absolute Gasteiger partial charge is 0.493 e. The predicted molar refractivity (Wildman–Crippen MR) is 91.2 cm³/mol. The maximum absolute atomic E-state index is 11.4. The van der Waals surface area contributed by atoms with Gasteiger partial charge in [-0.2, -0.15) is 4.98 Å². The van der Waals surface area contributed by atoms with Crippen molar-refractivity contribution in [2.45, 2.75) is 6.54 Å². The number of rotatable bonds is 6. The van der Waals surface area contributed by atoms with Crippen LogP contribution < -0.4 is 20.5 Å². The van der Waals surface area contributed by atoms with Crippen LogP contribution in [-0.2, 0) is 6.54 Å². The Morgan fingerprint density at radius 3 is 2.72 bits per heavy atom. The molecule has 2 heterocycles. The number of carboxylic acids is 1. The molecule has 4 N–H and O–H groups in total. The average Bonchev–Trinajstić information content (AvgIpc) is 2.98. The number of carboxylic acid groups (broad SMARTS) is 1. The van der Waals surface area contributed by atoms with E-state index in [1.165, 1.54) is 10.6 Å². The van der Waals surface area contributed by atoms with E-state index in [0.717, 1.165) is 5.56 Å². The molecule has 0 fully saturated rings. The van der Waals surface area contributed by atoms with E-state index in [0.29, 0.717) is 23.7 Å². The Labute approximate surface area is 143 Å². The van der Waals surface area contributed by atoms with Crippen molar-refractivity contribution in [3.8, 4) is 11.5 Å². The summed E-state index contributed by atoms with van der Waals surface area (Å²) >= 11 is 0. The number of ether oxygens (including phenoxy) is 2. The number of nitrogens with one attached hydrogen (secondary N) is 1. The van der Waals surface area contributed by atoms with Gasteiger partial charge in [-0.3, -0.25) is 0 Å². The predicted octanol–water partition coefficient (Wildman–Crippen LogP) is 1.64. The van der Waals surface area contributed by atoms with Crippen molar-refractivity contribution < 1.29 is 19.4 Å². The Hall–Kier alpha value is -3.49. The molecular weight excluding hydrogens is 326 g/mol. The van der Waals surface area contributed by atoms with E-state index < -0.39 is 5.97 Å². The van der Waals surface area contributed by atoms with E-state index in [9.17, 15) is 9.90 Å². The lowest BCUT2D eigenvalue weighted by atomic mass is 10.2. The van der Waals surface area contributed by atoms with Crippen LogP contribution in [-0.4, -0.2) is 39.9 Å². The Morgan fingerprint density at radius 1 is 1.28 bits per heavy atom. The van der Waals surface area contributed by atoms with E-state index in [2.05, 4.69) is 15.4 Å². The number of carbonyl (C=O) groups is 1. The number of methoxy groups -OCH3 is 2. The average molecular weight is 343 g/mol. The topological polar surface area (TPSA) is 124 Å². The number of aromatic nitrogens is 3. The number of hydrogen-bond acceptors (Lipinski definition) is 7. The lowest BCUT2D eigenvalue weighted by Crippen LogP contribution is -2.06. The lowest BCUT2D eigenvalue weighted by Gasteiger charge is -2.11. The molecule has 0 aliphatic carbocycles. The number of anilines is 2. The van der Waals surface area contributed by atoms with E-state index in [-0.39, 0.29) is 17.2 Å². The highest BCUT2D eigenvalue weighted by molar-refractivity contribution is 5.95. The summed E-state index contributed by atoms with van der Waals surface area (Å²) in [6.45, 7) is 0.453. The second-order valence-corrected chi connectivity index (χ2v) is 5.23. The first kappa shape index (κ1) is 16.4. The monoisotopic (exact) mass is 343 g/mol. The fraction of sp³-hybridized carbons (Fsp3) is 0.188. The number of benzene rings is 1. The van der Waals surface area contributed by atoms with Gasteiger partial charge < -0.3 is 25.6 Å². The third-order valence-corrected chi connectivity index (χ3v) is 3.62. The highest BCUT2D eigenvalue weighted by Crippen LogP contribution is 2.28. The van der Waals surface area contributed by atoms with Crippen molar-refractivity contribution in [1.82, 2.24) is 14.6 Å². The van der Waals surface area contributed by atoms with Crippen LogP contribution in [0.4, 0.5) is 11.6 Å². The molecule has 25 heavy (non-hydrogen) atoms. The Morgan fingerprint density at radius 2 is 2.04 bits per heavy atom. The first-order valence-electron chi connectivity index (χ1n) is 7.35. The van der Waals surface area contributed by atoms with Crippen LogP contribution in [0.3, 0.4) is 0 Å². The van der Waals surface area contributed by atoms with Gasteiger partial charge >= 0.3 is 5.97 Å². The van der Waals surface area contributed by atoms with Gasteiger partial charge in [-0.15, -0.1) is 5.10 Å². The third kappa shape index (κ3) is 3.25. The summed E-state index contributed by atoms with van der Waals surface area (Å²) in [7, 11) is 3.14. The zero-order valence-corrected chi connectivity index (χ0v) is 13.7. The quantitative estimate of drug-likeness (QED) is 0.617. The molecule has 130 valence electrons. The molecule has 0 unspecified atom stereocenters. The minimum atomic E-state index is -1.10. The van der Waals surface area contributed by atoms with Crippen molar-refractivity contribution in [3.63, 3.8) is 0 Å². The molecule has 2 aromatic heterocycles. The summed E-state index contributed by atoms with van der Waals surface area (Å²) in [6, 6.07) is 7.03. The molecule has 9 heteroatoms. The van der Waals surface area contributed by atoms with Crippen LogP contribution in [0, 0.1) is 0 Å². The number of pyridine rings is 1. The van der Waals surface area contributed by atoms with Crippen LogP contribution in [0.25, 0.3) is 5.65 Å². The van der Waals surface area contributed by atoms with Gasteiger partial charge in [0.1, 0.15) is 5.56 Å². The molecule has 0 aliphatic heterocycles. The summed E-state index contributed by atoms with van der Waals surface area (Å²) < 4.78 is 11.8. The van der Waals surface area contributed by atoms with Crippen molar-refractivity contribution >= 4 is 23.3 Å². The smallest absolute Gasteiger partial charge is 0.339 e. The van der Waals surface area contributed by atoms with Crippen LogP contribution >= 0.6 is 0 Å². The number of nitrogen functional groups attached to an aromatic ring is 1. The van der Waals surface area contributed by atoms with Crippen molar-refractivity contribution in [1.29, 1.82) is 0 Å². The zero-order valence-electron chi connectivity index (χ0n) is 13.7. The second-order valence-electron chi connectivity index (χ2n) is 5.23. The SMILES string of the molecule is COc1ccc(CNc2cc(C(=O)O)c3nc(N)nn3c2)cc1OC. The van der Waals surface area contributed by atoms with Gasteiger partial charge in [-0.05, 0) is 23.8 Å². The first-order chi connectivity index (χ1) is 12.0. The summed E-state index contributed by atoms with van der Waals surface area (Å²) in [4.78, 5) is 15.4. The Balaban J connectivity index is 1.87. The third-order valence-electron chi connectivity index (χ3n) is 3.62. The summed E-state index contributed by atoms with van der Waals surface area (Å²) in [5.74, 6) is 0.165. The molecule has 3 rings (SSSR count). The minimum Gasteiger partial charge on any atom is -0.493 e. The van der Waals surface area contributed by atoms with Crippen LogP contribution in [0.5, 0.6) is 11.5 Å². The normalized spacial score (nSPS) is 10.6.